The van der Waals surface area contributed by atoms with Gasteiger partial charge in [0.25, 0.3) is 5.91 Å². The van der Waals surface area contributed by atoms with E-state index in [-0.39, 0.29) is 5.82 Å². The second kappa shape index (κ2) is 4.69. The van der Waals surface area contributed by atoms with Gasteiger partial charge in [0.05, 0.1) is 6.20 Å². The van der Waals surface area contributed by atoms with Crippen LogP contribution < -0.4 is 11.1 Å². The maximum Gasteiger partial charge on any atom is 0.374 e. The lowest BCUT2D eigenvalue weighted by molar-refractivity contribution is -0.375. The number of carbonyl (C=O) groups excluding carboxylic acids is 1. The van der Waals surface area contributed by atoms with Crippen molar-refractivity contribution in [2.75, 3.05) is 11.1 Å². The number of hydrogen-bond acceptors (Lipinski definition) is 6. The van der Waals surface area contributed by atoms with Gasteiger partial charge < -0.3 is 26.4 Å². The Balaban J connectivity index is 2.13. The van der Waals surface area contributed by atoms with E-state index >= 15 is 0 Å². The monoisotopic (exact) mass is 264 g/mol. The maximum atomic E-state index is 11.8. The van der Waals surface area contributed by atoms with Gasteiger partial charge in [-0.2, -0.15) is 0 Å². The summed E-state index contributed by atoms with van der Waals surface area (Å²) in [6.45, 7) is 0. The van der Waals surface area contributed by atoms with Gasteiger partial charge in [-0.1, -0.05) is 6.07 Å². The van der Waals surface area contributed by atoms with Crippen LogP contribution in [-0.4, -0.2) is 30.8 Å². The molecule has 1 heterocycles. The molecule has 1 aromatic carbocycles. The Bertz CT molecular complexity index is 603. The van der Waals surface area contributed by atoms with Crippen molar-refractivity contribution in [1.82, 2.24) is 9.55 Å². The van der Waals surface area contributed by atoms with E-state index in [9.17, 15) is 4.79 Å². The van der Waals surface area contributed by atoms with E-state index in [0.717, 1.165) is 12.5 Å². The molecule has 8 nitrogen and oxygen atoms in total. The van der Waals surface area contributed by atoms with E-state index < -0.39 is 12.0 Å². The van der Waals surface area contributed by atoms with E-state index in [1.807, 2.05) is 0 Å². The highest BCUT2D eigenvalue weighted by molar-refractivity contribution is 6.04. The smallest absolute Gasteiger partial charge is 0.374 e. The standard InChI is InChI=1S/C11H12N4O4/c12-8-3-1-2-7(4-8)10(16)14-9-5-15(6-13-9)11(17,18)19/h1-6,17-19H,12H2,(H,14,16). The first-order chi connectivity index (χ1) is 8.86. The van der Waals surface area contributed by atoms with Gasteiger partial charge >= 0.3 is 6.10 Å². The number of amides is 1. The minimum atomic E-state index is -3.06. The molecule has 2 rings (SSSR count). The summed E-state index contributed by atoms with van der Waals surface area (Å²) in [6.07, 6.45) is -1.05. The lowest BCUT2D eigenvalue weighted by atomic mass is 10.2. The zero-order valence-electron chi connectivity index (χ0n) is 9.69. The molecule has 0 radical (unpaired) electrons. The van der Waals surface area contributed by atoms with Gasteiger partial charge in [-0.15, -0.1) is 0 Å². The highest BCUT2D eigenvalue weighted by atomic mass is 16.7. The zero-order chi connectivity index (χ0) is 14.0. The van der Waals surface area contributed by atoms with Crippen molar-refractivity contribution in [3.05, 3.63) is 42.4 Å². The molecular formula is C11H12N4O4. The number of nitrogens with zero attached hydrogens (tertiary/aromatic N) is 2. The van der Waals surface area contributed by atoms with Gasteiger partial charge in [0.2, 0.25) is 0 Å². The summed E-state index contributed by atoms with van der Waals surface area (Å²) >= 11 is 0. The predicted octanol–water partition coefficient (Wildman–Crippen LogP) is -0.738. The first-order valence-electron chi connectivity index (χ1n) is 5.25. The third-order valence-corrected chi connectivity index (χ3v) is 2.32. The van der Waals surface area contributed by atoms with Crippen molar-refractivity contribution in [3.63, 3.8) is 0 Å². The van der Waals surface area contributed by atoms with Crippen LogP contribution in [0.4, 0.5) is 11.5 Å². The van der Waals surface area contributed by atoms with Crippen molar-refractivity contribution >= 4 is 17.4 Å². The van der Waals surface area contributed by atoms with Gasteiger partial charge in [-0.25, -0.2) is 4.98 Å². The lowest BCUT2D eigenvalue weighted by Crippen LogP contribution is -2.31. The Hall–Kier alpha value is -2.42. The molecule has 0 aliphatic heterocycles. The number of carbonyl (C=O) groups is 1. The van der Waals surface area contributed by atoms with Crippen LogP contribution in [0.2, 0.25) is 0 Å². The number of aliphatic hydroxyl groups is 3. The Morgan fingerprint density at radius 3 is 2.68 bits per heavy atom. The number of hydrogen-bond donors (Lipinski definition) is 5. The fourth-order valence-corrected chi connectivity index (χ4v) is 1.42. The van der Waals surface area contributed by atoms with Crippen LogP contribution in [0.3, 0.4) is 0 Å². The number of nitrogens with two attached hydrogens (primary N) is 1. The molecule has 0 bridgehead atoms. The number of aromatic nitrogens is 2. The summed E-state index contributed by atoms with van der Waals surface area (Å²) in [6, 6.07) is 6.32. The number of imidazole rings is 1. The van der Waals surface area contributed by atoms with Crippen molar-refractivity contribution in [1.29, 1.82) is 0 Å². The summed E-state index contributed by atoms with van der Waals surface area (Å²) < 4.78 is 0.613. The van der Waals surface area contributed by atoms with Gasteiger partial charge in [0.15, 0.2) is 5.82 Å². The zero-order valence-corrected chi connectivity index (χ0v) is 9.69. The van der Waals surface area contributed by atoms with E-state index in [0.29, 0.717) is 15.8 Å². The fourth-order valence-electron chi connectivity index (χ4n) is 1.42. The molecule has 1 aromatic heterocycles. The first kappa shape index (κ1) is 13.0. The number of nitrogen functional groups attached to an aromatic ring is 1. The second-order valence-electron chi connectivity index (χ2n) is 3.85. The van der Waals surface area contributed by atoms with Crippen molar-refractivity contribution in [2.45, 2.75) is 6.10 Å². The topological polar surface area (TPSA) is 134 Å². The van der Waals surface area contributed by atoms with Crippen molar-refractivity contribution < 1.29 is 20.1 Å². The second-order valence-corrected chi connectivity index (χ2v) is 3.85. The van der Waals surface area contributed by atoms with Crippen LogP contribution in [0.5, 0.6) is 0 Å². The molecule has 6 N–H and O–H groups in total. The van der Waals surface area contributed by atoms with Crippen LogP contribution in [0.15, 0.2) is 36.8 Å². The number of anilines is 2. The molecule has 0 aliphatic carbocycles. The molecule has 8 heteroatoms. The molecule has 0 fully saturated rings. The molecule has 0 atom stereocenters. The Morgan fingerprint density at radius 2 is 2.11 bits per heavy atom. The maximum absolute atomic E-state index is 11.8. The van der Waals surface area contributed by atoms with E-state index in [4.69, 9.17) is 21.1 Å². The Kier molecular flexibility index (Phi) is 3.21. The molecule has 0 unspecified atom stereocenters. The molecule has 100 valence electrons. The summed E-state index contributed by atoms with van der Waals surface area (Å²) in [4.78, 5) is 15.5. The molecule has 19 heavy (non-hydrogen) atoms. The highest BCUT2D eigenvalue weighted by Crippen LogP contribution is 2.12. The SMILES string of the molecule is Nc1cccc(C(=O)Nc2cn(C(O)(O)O)cn2)c1. The average molecular weight is 264 g/mol. The van der Waals surface area contributed by atoms with E-state index in [2.05, 4.69) is 10.3 Å². The largest absolute Gasteiger partial charge is 0.399 e. The summed E-state index contributed by atoms with van der Waals surface area (Å²) in [5.41, 5.74) is 6.33. The van der Waals surface area contributed by atoms with Gasteiger partial charge in [0.1, 0.15) is 6.33 Å². The summed E-state index contributed by atoms with van der Waals surface area (Å²) in [7, 11) is 0. The normalized spacial score (nSPS) is 11.3. The molecule has 0 saturated carbocycles. The Labute approximate surface area is 107 Å². The number of benzene rings is 1. The van der Waals surface area contributed by atoms with Crippen LogP contribution in [0.1, 0.15) is 10.4 Å². The van der Waals surface area contributed by atoms with Crippen LogP contribution in [-0.2, 0) is 6.10 Å². The van der Waals surface area contributed by atoms with E-state index in [1.165, 1.54) is 6.07 Å². The van der Waals surface area contributed by atoms with Crippen LogP contribution in [0.25, 0.3) is 0 Å². The highest BCUT2D eigenvalue weighted by Gasteiger charge is 2.21. The third-order valence-electron chi connectivity index (χ3n) is 2.32. The minimum absolute atomic E-state index is 0.0500. The predicted molar refractivity (Wildman–Crippen MR) is 65.7 cm³/mol. The van der Waals surface area contributed by atoms with Gasteiger partial charge in [0, 0.05) is 11.3 Å². The Morgan fingerprint density at radius 1 is 1.37 bits per heavy atom. The van der Waals surface area contributed by atoms with E-state index in [1.54, 1.807) is 18.2 Å². The molecule has 0 spiro atoms. The summed E-state index contributed by atoms with van der Waals surface area (Å²) in [5.74, 6) is -0.411. The molecule has 2 aromatic rings. The average Bonchev–Trinajstić information content (AvgIpc) is 2.77. The van der Waals surface area contributed by atoms with Gasteiger partial charge in [-0.3, -0.25) is 9.36 Å². The first-order valence-corrected chi connectivity index (χ1v) is 5.25. The van der Waals surface area contributed by atoms with Crippen LogP contribution in [0, 0.1) is 0 Å². The quantitative estimate of drug-likeness (QED) is 0.366. The molecule has 0 saturated heterocycles. The lowest BCUT2D eigenvalue weighted by Gasteiger charge is -2.13. The molecular weight excluding hydrogens is 252 g/mol. The van der Waals surface area contributed by atoms with Crippen LogP contribution >= 0.6 is 0 Å². The van der Waals surface area contributed by atoms with Crippen molar-refractivity contribution in [3.8, 4) is 0 Å². The summed E-state index contributed by atoms with van der Waals surface area (Å²) in [5, 5.41) is 29.1. The van der Waals surface area contributed by atoms with Crippen molar-refractivity contribution in [2.24, 2.45) is 0 Å². The molecule has 1 amide bonds. The minimum Gasteiger partial charge on any atom is -0.399 e. The number of rotatable bonds is 3. The van der Waals surface area contributed by atoms with Gasteiger partial charge in [-0.05, 0) is 18.2 Å². The third kappa shape index (κ3) is 3.07. The molecule has 0 aliphatic rings. The fraction of sp³-hybridized carbons (Fsp3) is 0.0909. The number of nitrogens with one attached hydrogen (secondary N) is 1.